The van der Waals surface area contributed by atoms with Crippen LogP contribution in [0.4, 0.5) is 5.69 Å². The van der Waals surface area contributed by atoms with Crippen molar-refractivity contribution in [2.24, 2.45) is 4.99 Å². The summed E-state index contributed by atoms with van der Waals surface area (Å²) in [7, 11) is 0. The molecule has 3 rings (SSSR count). The van der Waals surface area contributed by atoms with E-state index in [0.717, 1.165) is 29.1 Å². The Morgan fingerprint density at radius 2 is 1.64 bits per heavy atom. The van der Waals surface area contributed by atoms with E-state index in [9.17, 15) is 9.59 Å². The van der Waals surface area contributed by atoms with Crippen LogP contribution in [0.5, 0.6) is 0 Å². The van der Waals surface area contributed by atoms with Crippen LogP contribution < -0.4 is 10.6 Å². The van der Waals surface area contributed by atoms with Gasteiger partial charge in [-0.25, -0.2) is 4.79 Å². The van der Waals surface area contributed by atoms with Gasteiger partial charge in [0.15, 0.2) is 0 Å². The van der Waals surface area contributed by atoms with Crippen molar-refractivity contribution in [1.82, 2.24) is 15.1 Å². The summed E-state index contributed by atoms with van der Waals surface area (Å²) >= 11 is 0. The molecule has 0 spiro atoms. The minimum Gasteiger partial charge on any atom is -0.462 e. The molecule has 8 nitrogen and oxygen atoms in total. The third-order valence-corrected chi connectivity index (χ3v) is 5.84. The second-order valence-corrected chi connectivity index (χ2v) is 8.70. The molecule has 0 aliphatic heterocycles. The van der Waals surface area contributed by atoms with Gasteiger partial charge in [-0.1, -0.05) is 17.2 Å². The Balaban J connectivity index is 1.81. The molecular formula is C28H35N5O3. The summed E-state index contributed by atoms with van der Waals surface area (Å²) in [5.74, 6) is -0.289. The van der Waals surface area contributed by atoms with Crippen LogP contribution in [0.2, 0.25) is 0 Å². The lowest BCUT2D eigenvalue weighted by atomic mass is 10.1. The fourth-order valence-electron chi connectivity index (χ4n) is 4.12. The molecular weight excluding hydrogens is 454 g/mol. The highest BCUT2D eigenvalue weighted by Crippen LogP contribution is 2.15. The minimum absolute atomic E-state index is 0.248. The SMILES string of the molecule is CCOC(=O)c1ccc(NC(=NCCc2c(C)nn(CC)c2C)NC(=O)c2cc(C)cc(C)c2)cc1. The predicted molar refractivity (Wildman–Crippen MR) is 143 cm³/mol. The van der Waals surface area contributed by atoms with E-state index in [0.29, 0.717) is 42.3 Å². The molecule has 0 bridgehead atoms. The van der Waals surface area contributed by atoms with Gasteiger partial charge < -0.3 is 10.1 Å². The van der Waals surface area contributed by atoms with E-state index in [2.05, 4.69) is 34.6 Å². The Morgan fingerprint density at radius 1 is 0.972 bits per heavy atom. The summed E-state index contributed by atoms with van der Waals surface area (Å²) in [5.41, 5.74) is 7.03. The zero-order valence-electron chi connectivity index (χ0n) is 21.9. The highest BCUT2D eigenvalue weighted by Gasteiger charge is 2.13. The molecule has 0 saturated heterocycles. The number of ether oxygens (including phenoxy) is 1. The number of aliphatic imine (C=N–C) groups is 1. The van der Waals surface area contributed by atoms with Gasteiger partial charge in [-0.3, -0.25) is 19.8 Å². The number of guanidine groups is 1. The number of hydrogen-bond donors (Lipinski definition) is 2. The fourth-order valence-corrected chi connectivity index (χ4v) is 4.12. The number of benzene rings is 2. The Kier molecular flexibility index (Phi) is 9.00. The van der Waals surface area contributed by atoms with Crippen LogP contribution in [-0.4, -0.2) is 40.8 Å². The molecule has 0 saturated carbocycles. The molecule has 0 radical (unpaired) electrons. The molecule has 0 atom stereocenters. The van der Waals surface area contributed by atoms with Gasteiger partial charge in [0.05, 0.1) is 17.9 Å². The van der Waals surface area contributed by atoms with E-state index in [4.69, 9.17) is 4.74 Å². The number of carbonyl (C=O) groups excluding carboxylic acids is 2. The number of aryl methyl sites for hydroxylation is 4. The van der Waals surface area contributed by atoms with Crippen molar-refractivity contribution in [3.8, 4) is 0 Å². The topological polar surface area (TPSA) is 97.6 Å². The molecule has 190 valence electrons. The van der Waals surface area contributed by atoms with E-state index in [-0.39, 0.29) is 11.9 Å². The maximum absolute atomic E-state index is 13.0. The second-order valence-electron chi connectivity index (χ2n) is 8.70. The maximum Gasteiger partial charge on any atom is 0.338 e. The summed E-state index contributed by atoms with van der Waals surface area (Å²) in [5, 5.41) is 10.7. The minimum atomic E-state index is -0.376. The number of amides is 1. The molecule has 1 amide bonds. The van der Waals surface area contributed by atoms with Crippen LogP contribution in [0.1, 0.15) is 62.6 Å². The molecule has 0 fully saturated rings. The Hall–Kier alpha value is -3.94. The van der Waals surface area contributed by atoms with Crippen LogP contribution in [0.25, 0.3) is 0 Å². The highest BCUT2D eigenvalue weighted by molar-refractivity contribution is 6.10. The average Bonchev–Trinajstić information content (AvgIpc) is 3.11. The van der Waals surface area contributed by atoms with Crippen molar-refractivity contribution in [2.45, 2.75) is 54.5 Å². The third kappa shape index (κ3) is 6.81. The van der Waals surface area contributed by atoms with Gasteiger partial charge in [0, 0.05) is 30.0 Å². The highest BCUT2D eigenvalue weighted by atomic mass is 16.5. The fraction of sp³-hybridized carbons (Fsp3) is 0.357. The normalized spacial score (nSPS) is 11.3. The predicted octanol–water partition coefficient (Wildman–Crippen LogP) is 4.75. The van der Waals surface area contributed by atoms with Gasteiger partial charge in [-0.15, -0.1) is 0 Å². The van der Waals surface area contributed by atoms with E-state index in [1.54, 1.807) is 31.2 Å². The molecule has 1 heterocycles. The first kappa shape index (κ1) is 26.7. The molecule has 0 unspecified atom stereocenters. The third-order valence-electron chi connectivity index (χ3n) is 5.84. The zero-order valence-corrected chi connectivity index (χ0v) is 21.9. The van der Waals surface area contributed by atoms with Gasteiger partial charge >= 0.3 is 5.97 Å². The number of carbonyl (C=O) groups is 2. The maximum atomic E-state index is 13.0. The summed E-state index contributed by atoms with van der Waals surface area (Å²) in [6, 6.07) is 12.6. The zero-order chi connectivity index (χ0) is 26.2. The van der Waals surface area contributed by atoms with Gasteiger partial charge in [0.1, 0.15) is 0 Å². The average molecular weight is 490 g/mol. The number of hydrogen-bond acceptors (Lipinski definition) is 5. The monoisotopic (exact) mass is 489 g/mol. The van der Waals surface area contributed by atoms with Gasteiger partial charge in [-0.2, -0.15) is 5.10 Å². The van der Waals surface area contributed by atoms with Crippen LogP contribution in [-0.2, 0) is 17.7 Å². The second kappa shape index (κ2) is 12.2. The van der Waals surface area contributed by atoms with Crippen molar-refractivity contribution in [2.75, 3.05) is 18.5 Å². The molecule has 3 aromatic rings. The standard InChI is InChI=1S/C28H35N5O3/c1-7-33-21(6)25(20(5)32-33)13-14-29-28(31-26(34)23-16-18(3)15-19(4)17-23)30-24-11-9-22(10-12-24)27(35)36-8-2/h9-12,15-17H,7-8,13-14H2,1-6H3,(H2,29,30,31,34). The lowest BCUT2D eigenvalue weighted by molar-refractivity contribution is 0.0526. The largest absolute Gasteiger partial charge is 0.462 e. The number of aromatic nitrogens is 2. The van der Waals surface area contributed by atoms with Crippen LogP contribution >= 0.6 is 0 Å². The van der Waals surface area contributed by atoms with Crippen molar-refractivity contribution < 1.29 is 14.3 Å². The molecule has 0 aliphatic rings. The molecule has 1 aromatic heterocycles. The number of rotatable bonds is 8. The smallest absolute Gasteiger partial charge is 0.338 e. The van der Waals surface area contributed by atoms with Crippen molar-refractivity contribution in [3.63, 3.8) is 0 Å². The molecule has 2 aromatic carbocycles. The van der Waals surface area contributed by atoms with E-state index >= 15 is 0 Å². The van der Waals surface area contributed by atoms with Crippen LogP contribution in [0.3, 0.4) is 0 Å². The molecule has 0 aliphatic carbocycles. The van der Waals surface area contributed by atoms with Gasteiger partial charge in [0.2, 0.25) is 5.96 Å². The first-order valence-electron chi connectivity index (χ1n) is 12.2. The number of esters is 1. The first-order valence-corrected chi connectivity index (χ1v) is 12.2. The van der Waals surface area contributed by atoms with Crippen molar-refractivity contribution in [1.29, 1.82) is 0 Å². The summed E-state index contributed by atoms with van der Waals surface area (Å²) < 4.78 is 7.03. The quantitative estimate of drug-likeness (QED) is 0.270. The number of nitrogens with zero attached hydrogens (tertiary/aromatic N) is 3. The molecule has 2 N–H and O–H groups in total. The lowest BCUT2D eigenvalue weighted by Crippen LogP contribution is -2.36. The van der Waals surface area contributed by atoms with E-state index < -0.39 is 0 Å². The first-order chi connectivity index (χ1) is 17.2. The number of anilines is 1. The lowest BCUT2D eigenvalue weighted by Gasteiger charge is -2.13. The van der Waals surface area contributed by atoms with Crippen molar-refractivity contribution >= 4 is 23.5 Å². The Bertz CT molecular complexity index is 1240. The van der Waals surface area contributed by atoms with E-state index in [1.165, 1.54) is 5.56 Å². The van der Waals surface area contributed by atoms with Crippen LogP contribution in [0, 0.1) is 27.7 Å². The van der Waals surface area contributed by atoms with Gasteiger partial charge in [0.25, 0.3) is 5.91 Å². The molecule has 8 heteroatoms. The van der Waals surface area contributed by atoms with Gasteiger partial charge in [-0.05, 0) is 89.9 Å². The Labute approximate surface area is 212 Å². The molecule has 36 heavy (non-hydrogen) atoms. The number of nitrogens with one attached hydrogen (secondary N) is 2. The van der Waals surface area contributed by atoms with Crippen molar-refractivity contribution in [3.05, 3.63) is 81.7 Å². The van der Waals surface area contributed by atoms with E-state index in [1.807, 2.05) is 43.7 Å². The summed E-state index contributed by atoms with van der Waals surface area (Å²) in [6.07, 6.45) is 0.698. The summed E-state index contributed by atoms with van der Waals surface area (Å²) in [6.45, 7) is 13.4. The Morgan fingerprint density at radius 3 is 2.22 bits per heavy atom. The van der Waals surface area contributed by atoms with Crippen LogP contribution in [0.15, 0.2) is 47.5 Å². The summed E-state index contributed by atoms with van der Waals surface area (Å²) in [4.78, 5) is 29.7.